The summed E-state index contributed by atoms with van der Waals surface area (Å²) in [4.78, 5) is 11.7. The molecule has 0 spiro atoms. The third kappa shape index (κ3) is 6.56. The summed E-state index contributed by atoms with van der Waals surface area (Å²) >= 11 is 0. The van der Waals surface area contributed by atoms with E-state index in [1.54, 1.807) is 0 Å². The van der Waals surface area contributed by atoms with Gasteiger partial charge < -0.3 is 9.88 Å². The van der Waals surface area contributed by atoms with Crippen molar-refractivity contribution in [3.8, 4) is 0 Å². The SMILES string of the molecule is CC(=O)Nc1ccccc1[C]1[CH][CH][CH][C]1P(=O)(c1ccccc1)c1ccccc1.[CH]1[CH][CH][CH][CH]1.[Fe+2]. The van der Waals surface area contributed by atoms with Crippen LogP contribution in [0.3, 0.4) is 0 Å². The molecule has 0 aromatic heterocycles. The molecule has 2 fully saturated rings. The van der Waals surface area contributed by atoms with Gasteiger partial charge in [0.05, 0.1) is 5.66 Å². The first-order chi connectivity index (χ1) is 16.6. The summed E-state index contributed by atoms with van der Waals surface area (Å²) in [6.45, 7) is 1.49. The van der Waals surface area contributed by atoms with Crippen LogP contribution in [0.5, 0.6) is 0 Å². The molecule has 35 heavy (non-hydrogen) atoms. The van der Waals surface area contributed by atoms with Gasteiger partial charge in [-0.3, -0.25) is 4.79 Å². The first kappa shape index (κ1) is 27.5. The summed E-state index contributed by atoms with van der Waals surface area (Å²) in [6.07, 6.45) is 15.8. The summed E-state index contributed by atoms with van der Waals surface area (Å²) in [6, 6.07) is 26.8. The fourth-order valence-corrected chi connectivity index (χ4v) is 6.82. The monoisotopic (exact) mass is 519 g/mol. The van der Waals surface area contributed by atoms with Crippen molar-refractivity contribution in [2.24, 2.45) is 0 Å². The number of rotatable bonds is 5. The summed E-state index contributed by atoms with van der Waals surface area (Å²) in [5, 5.41) is 4.47. The smallest absolute Gasteiger partial charge is 0.326 e. The Morgan fingerprint density at radius 1 is 0.657 bits per heavy atom. The predicted molar refractivity (Wildman–Crippen MR) is 140 cm³/mol. The van der Waals surface area contributed by atoms with Crippen molar-refractivity contribution in [1.29, 1.82) is 0 Å². The molecule has 2 aliphatic rings. The van der Waals surface area contributed by atoms with Crippen LogP contribution in [0.1, 0.15) is 12.5 Å². The summed E-state index contributed by atoms with van der Waals surface area (Å²) in [5.41, 5.74) is 2.34. The number of hydrogen-bond acceptors (Lipinski definition) is 2. The molecule has 5 rings (SSSR count). The van der Waals surface area contributed by atoms with Crippen LogP contribution in [0.25, 0.3) is 0 Å². The second-order valence-corrected chi connectivity index (χ2v) is 10.5. The molecule has 0 atom stereocenters. The van der Waals surface area contributed by atoms with Crippen LogP contribution in [-0.2, 0) is 26.4 Å². The molecular formula is C30H26FeNO2P+2. The van der Waals surface area contributed by atoms with E-state index >= 15 is 0 Å². The van der Waals surface area contributed by atoms with Crippen LogP contribution in [0.4, 0.5) is 5.69 Å². The molecule has 0 saturated heterocycles. The Kier molecular flexibility index (Phi) is 10.4. The van der Waals surface area contributed by atoms with E-state index in [1.165, 1.54) is 6.92 Å². The Hall–Kier alpha value is -2.12. The Bertz CT molecular complexity index is 1060. The van der Waals surface area contributed by atoms with Gasteiger partial charge in [-0.15, -0.1) is 0 Å². The molecule has 2 saturated carbocycles. The zero-order chi connectivity index (χ0) is 23.8. The van der Waals surface area contributed by atoms with E-state index in [0.717, 1.165) is 27.7 Å². The van der Waals surface area contributed by atoms with E-state index in [0.29, 0.717) is 5.69 Å². The van der Waals surface area contributed by atoms with Crippen molar-refractivity contribution in [3.63, 3.8) is 0 Å². The third-order valence-corrected chi connectivity index (χ3v) is 8.57. The maximum atomic E-state index is 14.7. The molecule has 2 aliphatic carbocycles. The van der Waals surface area contributed by atoms with Crippen molar-refractivity contribution >= 4 is 29.3 Å². The summed E-state index contributed by atoms with van der Waals surface area (Å²) in [7, 11) is -3.10. The van der Waals surface area contributed by atoms with Crippen LogP contribution in [-0.4, -0.2) is 5.91 Å². The van der Waals surface area contributed by atoms with Crippen LogP contribution >= 0.6 is 7.14 Å². The quantitative estimate of drug-likeness (QED) is 0.344. The van der Waals surface area contributed by atoms with Crippen LogP contribution in [0.15, 0.2) is 84.9 Å². The number of nitrogens with one attached hydrogen (secondary N) is 1. The number of hydrogen-bond donors (Lipinski definition) is 1. The molecular weight excluding hydrogens is 493 g/mol. The van der Waals surface area contributed by atoms with E-state index in [-0.39, 0.29) is 23.0 Å². The number of anilines is 1. The molecule has 174 valence electrons. The summed E-state index contributed by atoms with van der Waals surface area (Å²) in [5.74, 6) is 0.727. The van der Waals surface area contributed by atoms with Gasteiger partial charge in [-0.25, -0.2) is 0 Å². The van der Waals surface area contributed by atoms with Crippen LogP contribution < -0.4 is 15.9 Å². The van der Waals surface area contributed by atoms with Gasteiger partial charge in [0.2, 0.25) is 5.91 Å². The number of benzene rings is 3. The fourth-order valence-electron chi connectivity index (χ4n) is 3.95. The van der Waals surface area contributed by atoms with E-state index in [1.807, 2.05) is 136 Å². The third-order valence-electron chi connectivity index (χ3n) is 5.46. The second kappa shape index (κ2) is 13.3. The van der Waals surface area contributed by atoms with Gasteiger partial charge in [0, 0.05) is 29.1 Å². The molecule has 3 aromatic rings. The fraction of sp³-hybridized carbons (Fsp3) is 0.0333. The average molecular weight is 519 g/mol. The maximum absolute atomic E-state index is 14.7. The Balaban J connectivity index is 0.000000509. The van der Waals surface area contributed by atoms with Crippen molar-refractivity contribution in [2.75, 3.05) is 5.32 Å². The van der Waals surface area contributed by atoms with E-state index in [2.05, 4.69) is 5.32 Å². The molecule has 0 aliphatic heterocycles. The number of carbonyl (C=O) groups is 1. The van der Waals surface area contributed by atoms with Gasteiger partial charge in [-0.2, -0.15) is 0 Å². The molecule has 0 bridgehead atoms. The van der Waals surface area contributed by atoms with E-state index in [4.69, 9.17) is 0 Å². The molecule has 1 amide bonds. The van der Waals surface area contributed by atoms with Gasteiger partial charge in [-0.05, 0) is 63.0 Å². The van der Waals surface area contributed by atoms with Crippen molar-refractivity contribution in [2.45, 2.75) is 6.92 Å². The average Bonchev–Trinajstić information content (AvgIpc) is 3.60. The Labute approximate surface area is 221 Å². The number of amides is 1. The van der Waals surface area contributed by atoms with E-state index in [9.17, 15) is 9.36 Å². The number of para-hydroxylation sites is 1. The number of carbonyl (C=O) groups excluding carboxylic acids is 1. The second-order valence-electron chi connectivity index (χ2n) is 7.79. The Morgan fingerprint density at radius 3 is 1.66 bits per heavy atom. The predicted octanol–water partition coefficient (Wildman–Crippen LogP) is 5.76. The van der Waals surface area contributed by atoms with Gasteiger partial charge >= 0.3 is 17.1 Å². The Morgan fingerprint density at radius 2 is 1.14 bits per heavy atom. The van der Waals surface area contributed by atoms with Crippen LogP contribution in [0.2, 0.25) is 0 Å². The van der Waals surface area contributed by atoms with Crippen LogP contribution in [0, 0.1) is 62.9 Å². The minimum atomic E-state index is -3.10. The zero-order valence-corrected chi connectivity index (χ0v) is 21.3. The molecule has 5 heteroatoms. The maximum Gasteiger partial charge on any atom is 2.00 e. The molecule has 3 aromatic carbocycles. The van der Waals surface area contributed by atoms with Gasteiger partial charge in [0.1, 0.15) is 0 Å². The first-order valence-electron chi connectivity index (χ1n) is 11.1. The molecule has 0 heterocycles. The molecule has 1 N–H and O–H groups in total. The normalized spacial score (nSPS) is 16.1. The largest absolute Gasteiger partial charge is 2.00 e. The minimum Gasteiger partial charge on any atom is -0.326 e. The van der Waals surface area contributed by atoms with Crippen molar-refractivity contribution < 1.29 is 26.4 Å². The van der Waals surface area contributed by atoms with Crippen molar-refractivity contribution in [1.82, 2.24) is 0 Å². The first-order valence-corrected chi connectivity index (χ1v) is 12.8. The molecule has 10 radical (unpaired) electrons. The van der Waals surface area contributed by atoms with E-state index < -0.39 is 7.14 Å². The zero-order valence-electron chi connectivity index (χ0n) is 19.3. The standard InChI is InChI=1S/C25H21NO2P.C5H5.Fe/c1-19(27)26-24-17-9-8-15-22(24)23-16-10-18-25(23)29(28,20-11-4-2-5-12-20)21-13-6-3-7-14-21;1-2-4-5-3-1;/h2-18H,1H3,(H,26,27);1-5H;/q;;+2. The van der Waals surface area contributed by atoms with Gasteiger partial charge in [-0.1, -0.05) is 78.9 Å². The molecule has 3 nitrogen and oxygen atoms in total. The minimum absolute atomic E-state index is 0. The van der Waals surface area contributed by atoms with Gasteiger partial charge in [0.15, 0.2) is 7.14 Å². The topological polar surface area (TPSA) is 46.2 Å². The van der Waals surface area contributed by atoms with Crippen molar-refractivity contribution in [3.05, 3.63) is 153 Å². The summed E-state index contributed by atoms with van der Waals surface area (Å²) < 4.78 is 14.7. The molecule has 0 unspecified atom stereocenters. The van der Waals surface area contributed by atoms with Gasteiger partial charge in [0.25, 0.3) is 0 Å².